The van der Waals surface area contributed by atoms with E-state index >= 15 is 0 Å². The van der Waals surface area contributed by atoms with Crippen molar-refractivity contribution >= 4 is 11.3 Å². The first-order chi connectivity index (χ1) is 10.1. The molecule has 6 heteroatoms. The van der Waals surface area contributed by atoms with E-state index in [0.717, 1.165) is 36.3 Å². The van der Waals surface area contributed by atoms with Crippen LogP contribution in [0.4, 0.5) is 0 Å². The first-order valence-corrected chi connectivity index (χ1v) is 8.43. The molecule has 0 radical (unpaired) electrons. The van der Waals surface area contributed by atoms with Crippen LogP contribution in [0.1, 0.15) is 34.4 Å². The Hall–Kier alpha value is -1.27. The number of nitrogens with zero attached hydrogens (tertiary/aromatic N) is 5. The van der Waals surface area contributed by atoms with Crippen LogP contribution in [-0.4, -0.2) is 37.7 Å². The molecule has 2 aromatic heterocycles. The van der Waals surface area contributed by atoms with Gasteiger partial charge in [-0.2, -0.15) is 5.10 Å². The SMILES string of the molecule is Cc1nc(C)n(C[C@@H]2CCCN(Cc3cnc(C)s3)C2)n1. The van der Waals surface area contributed by atoms with Gasteiger partial charge in [0.05, 0.1) is 5.01 Å². The predicted molar refractivity (Wildman–Crippen MR) is 84.3 cm³/mol. The first-order valence-electron chi connectivity index (χ1n) is 7.62. The number of thiazole rings is 1. The van der Waals surface area contributed by atoms with E-state index in [1.807, 2.05) is 31.4 Å². The Kier molecular flexibility index (Phi) is 4.35. The van der Waals surface area contributed by atoms with E-state index in [4.69, 9.17) is 0 Å². The van der Waals surface area contributed by atoms with Gasteiger partial charge in [-0.25, -0.2) is 14.6 Å². The number of likely N-dealkylation sites (tertiary alicyclic amines) is 1. The van der Waals surface area contributed by atoms with Gasteiger partial charge >= 0.3 is 0 Å². The molecule has 1 aliphatic rings. The lowest BCUT2D eigenvalue weighted by atomic mass is 9.98. The normalized spacial score (nSPS) is 20.0. The molecule has 0 unspecified atom stereocenters. The molecule has 0 bridgehead atoms. The van der Waals surface area contributed by atoms with Crippen molar-refractivity contribution < 1.29 is 0 Å². The third-order valence-corrected chi connectivity index (χ3v) is 4.94. The molecule has 1 aliphatic heterocycles. The molecule has 5 nitrogen and oxygen atoms in total. The van der Waals surface area contributed by atoms with Gasteiger partial charge < -0.3 is 0 Å². The average molecular weight is 305 g/mol. The van der Waals surface area contributed by atoms with Crippen LogP contribution in [0.3, 0.4) is 0 Å². The van der Waals surface area contributed by atoms with Crippen LogP contribution in [0.5, 0.6) is 0 Å². The molecule has 3 heterocycles. The molecule has 0 aliphatic carbocycles. The average Bonchev–Trinajstić information content (AvgIpc) is 2.96. The molecule has 3 rings (SSSR count). The fourth-order valence-corrected chi connectivity index (χ4v) is 3.96. The third-order valence-electron chi connectivity index (χ3n) is 4.05. The lowest BCUT2D eigenvalue weighted by Crippen LogP contribution is -2.36. The summed E-state index contributed by atoms with van der Waals surface area (Å²) in [4.78, 5) is 12.7. The van der Waals surface area contributed by atoms with E-state index in [1.54, 1.807) is 0 Å². The van der Waals surface area contributed by atoms with Crippen LogP contribution < -0.4 is 0 Å². The van der Waals surface area contributed by atoms with E-state index in [1.165, 1.54) is 24.3 Å². The molecule has 1 saturated heterocycles. The molecule has 0 saturated carbocycles. The van der Waals surface area contributed by atoms with Gasteiger partial charge in [-0.3, -0.25) is 4.90 Å². The Labute approximate surface area is 130 Å². The van der Waals surface area contributed by atoms with Crippen LogP contribution in [0.25, 0.3) is 0 Å². The molecule has 0 amide bonds. The van der Waals surface area contributed by atoms with Gasteiger partial charge in [0.2, 0.25) is 0 Å². The predicted octanol–water partition coefficient (Wildman–Crippen LogP) is 2.57. The highest BCUT2D eigenvalue weighted by atomic mass is 32.1. The molecule has 0 aromatic carbocycles. The summed E-state index contributed by atoms with van der Waals surface area (Å²) in [5.41, 5.74) is 0. The monoisotopic (exact) mass is 305 g/mol. The molecule has 21 heavy (non-hydrogen) atoms. The summed E-state index contributed by atoms with van der Waals surface area (Å²) in [7, 11) is 0. The summed E-state index contributed by atoms with van der Waals surface area (Å²) >= 11 is 1.81. The summed E-state index contributed by atoms with van der Waals surface area (Å²) in [6.45, 7) is 10.5. The Morgan fingerprint density at radius 3 is 2.86 bits per heavy atom. The number of aryl methyl sites for hydroxylation is 3. The first kappa shape index (κ1) is 14.7. The van der Waals surface area contributed by atoms with Crippen molar-refractivity contribution in [2.75, 3.05) is 13.1 Å². The molecular weight excluding hydrogens is 282 g/mol. The zero-order valence-corrected chi connectivity index (χ0v) is 13.9. The number of aromatic nitrogens is 4. The lowest BCUT2D eigenvalue weighted by molar-refractivity contribution is 0.153. The maximum absolute atomic E-state index is 4.50. The molecule has 0 N–H and O–H groups in total. The van der Waals surface area contributed by atoms with Crippen LogP contribution >= 0.6 is 11.3 Å². The Bertz CT molecular complexity index is 603. The van der Waals surface area contributed by atoms with E-state index in [2.05, 4.69) is 31.6 Å². The second-order valence-electron chi connectivity index (χ2n) is 5.98. The van der Waals surface area contributed by atoms with Gasteiger partial charge in [0.1, 0.15) is 11.6 Å². The molecule has 1 atom stereocenters. The van der Waals surface area contributed by atoms with Crippen molar-refractivity contribution in [3.63, 3.8) is 0 Å². The maximum Gasteiger partial charge on any atom is 0.147 e. The number of hydrogen-bond acceptors (Lipinski definition) is 5. The van der Waals surface area contributed by atoms with Crippen LogP contribution in [0, 0.1) is 26.7 Å². The van der Waals surface area contributed by atoms with Gasteiger partial charge in [0, 0.05) is 30.7 Å². The van der Waals surface area contributed by atoms with Gasteiger partial charge in [-0.1, -0.05) is 0 Å². The minimum Gasteiger partial charge on any atom is -0.298 e. The molecule has 114 valence electrons. The van der Waals surface area contributed by atoms with E-state index in [0.29, 0.717) is 5.92 Å². The van der Waals surface area contributed by atoms with Crippen molar-refractivity contribution in [2.24, 2.45) is 5.92 Å². The van der Waals surface area contributed by atoms with Crippen molar-refractivity contribution in [1.82, 2.24) is 24.6 Å². The molecule has 0 spiro atoms. The maximum atomic E-state index is 4.50. The number of hydrogen-bond donors (Lipinski definition) is 0. The van der Waals surface area contributed by atoms with E-state index < -0.39 is 0 Å². The Balaban J connectivity index is 1.59. The fourth-order valence-electron chi connectivity index (χ4n) is 3.12. The summed E-state index contributed by atoms with van der Waals surface area (Å²) in [5.74, 6) is 2.58. The minimum atomic E-state index is 0.674. The highest BCUT2D eigenvalue weighted by Crippen LogP contribution is 2.22. The highest BCUT2D eigenvalue weighted by Gasteiger charge is 2.21. The van der Waals surface area contributed by atoms with Crippen LogP contribution in [0.2, 0.25) is 0 Å². The lowest BCUT2D eigenvalue weighted by Gasteiger charge is -2.32. The summed E-state index contributed by atoms with van der Waals surface area (Å²) in [6, 6.07) is 0. The summed E-state index contributed by atoms with van der Waals surface area (Å²) in [5, 5.41) is 5.66. The zero-order valence-electron chi connectivity index (χ0n) is 13.0. The summed E-state index contributed by atoms with van der Waals surface area (Å²) < 4.78 is 2.07. The molecular formula is C15H23N5S. The van der Waals surface area contributed by atoms with Gasteiger partial charge in [-0.15, -0.1) is 11.3 Å². The Morgan fingerprint density at radius 1 is 1.33 bits per heavy atom. The van der Waals surface area contributed by atoms with Crippen molar-refractivity contribution in [3.8, 4) is 0 Å². The van der Waals surface area contributed by atoms with Gasteiger partial charge in [-0.05, 0) is 46.1 Å². The molecule has 1 fully saturated rings. The standard InChI is InChI=1S/C15H23N5S/c1-11-17-12(2)20(18-11)9-14-5-4-6-19(8-14)10-15-7-16-13(3)21-15/h7,14H,4-6,8-10H2,1-3H3/t14-/m1/s1. The second kappa shape index (κ2) is 6.23. The minimum absolute atomic E-state index is 0.674. The highest BCUT2D eigenvalue weighted by molar-refractivity contribution is 7.11. The second-order valence-corrected chi connectivity index (χ2v) is 7.30. The van der Waals surface area contributed by atoms with E-state index in [-0.39, 0.29) is 0 Å². The largest absolute Gasteiger partial charge is 0.298 e. The van der Waals surface area contributed by atoms with Gasteiger partial charge in [0.15, 0.2) is 0 Å². The molecule has 2 aromatic rings. The topological polar surface area (TPSA) is 46.8 Å². The number of rotatable bonds is 4. The quantitative estimate of drug-likeness (QED) is 0.871. The van der Waals surface area contributed by atoms with Crippen molar-refractivity contribution in [1.29, 1.82) is 0 Å². The van der Waals surface area contributed by atoms with Crippen LogP contribution in [-0.2, 0) is 13.1 Å². The Morgan fingerprint density at radius 2 is 2.19 bits per heavy atom. The fraction of sp³-hybridized carbons (Fsp3) is 0.667. The zero-order chi connectivity index (χ0) is 14.8. The smallest absolute Gasteiger partial charge is 0.147 e. The van der Waals surface area contributed by atoms with E-state index in [9.17, 15) is 0 Å². The number of piperidine rings is 1. The van der Waals surface area contributed by atoms with Gasteiger partial charge in [0.25, 0.3) is 0 Å². The van der Waals surface area contributed by atoms with Crippen molar-refractivity contribution in [2.45, 2.75) is 46.7 Å². The van der Waals surface area contributed by atoms with Crippen LogP contribution in [0.15, 0.2) is 6.20 Å². The third kappa shape index (κ3) is 3.68. The summed E-state index contributed by atoms with van der Waals surface area (Å²) in [6.07, 6.45) is 4.58. The van der Waals surface area contributed by atoms with Crippen molar-refractivity contribution in [3.05, 3.63) is 27.7 Å².